The smallest absolute Gasteiger partial charge is 0.268 e. The van der Waals surface area contributed by atoms with E-state index in [9.17, 15) is 4.79 Å². The average Bonchev–Trinajstić information content (AvgIpc) is 2.54. The predicted molar refractivity (Wildman–Crippen MR) is 68.8 cm³/mol. The number of halogens is 2. The first-order chi connectivity index (χ1) is 8.16. The van der Waals surface area contributed by atoms with E-state index in [0.717, 1.165) is 32.4 Å². The molecule has 17 heavy (non-hydrogen) atoms. The van der Waals surface area contributed by atoms with Gasteiger partial charge in [0, 0.05) is 12.6 Å². The zero-order valence-corrected chi connectivity index (χ0v) is 10.9. The fraction of sp³-hybridized carbons (Fsp3) is 0.545. The first-order valence-corrected chi connectivity index (χ1v) is 6.48. The summed E-state index contributed by atoms with van der Waals surface area (Å²) in [4.78, 5) is 14.7. The zero-order valence-electron chi connectivity index (χ0n) is 9.35. The Labute approximate surface area is 110 Å². The summed E-state index contributed by atoms with van der Waals surface area (Å²) in [6, 6.07) is 1.72. The number of aromatic amines is 1. The molecule has 0 bridgehead atoms. The molecular weight excluding hydrogens is 261 g/mol. The van der Waals surface area contributed by atoms with Gasteiger partial charge in [-0.05, 0) is 25.5 Å². The van der Waals surface area contributed by atoms with Crippen LogP contribution in [0.2, 0.25) is 10.2 Å². The highest BCUT2D eigenvalue weighted by Crippen LogP contribution is 2.21. The van der Waals surface area contributed by atoms with Gasteiger partial charge in [-0.2, -0.15) is 0 Å². The third-order valence-corrected chi connectivity index (χ3v) is 3.54. The predicted octanol–water partition coefficient (Wildman–Crippen LogP) is 2.19. The van der Waals surface area contributed by atoms with Crippen LogP contribution in [-0.2, 0) is 0 Å². The molecule has 1 aliphatic rings. The van der Waals surface area contributed by atoms with Crippen LogP contribution in [0.25, 0.3) is 0 Å². The summed E-state index contributed by atoms with van der Waals surface area (Å²) in [5.74, 6) is -0.160. The van der Waals surface area contributed by atoms with Gasteiger partial charge < -0.3 is 15.6 Å². The number of rotatable bonds is 2. The van der Waals surface area contributed by atoms with E-state index in [0.29, 0.717) is 15.9 Å². The molecule has 1 aromatic rings. The molecule has 2 heterocycles. The van der Waals surface area contributed by atoms with Crippen molar-refractivity contribution in [3.05, 3.63) is 21.9 Å². The van der Waals surface area contributed by atoms with Crippen molar-refractivity contribution < 1.29 is 4.79 Å². The number of hydrogen-bond acceptors (Lipinski definition) is 2. The average molecular weight is 276 g/mol. The normalized spacial score (nSPS) is 20.9. The number of hydrogen-bond donors (Lipinski definition) is 3. The quantitative estimate of drug-likeness (QED) is 0.775. The Morgan fingerprint density at radius 2 is 2.24 bits per heavy atom. The van der Waals surface area contributed by atoms with Gasteiger partial charge in [-0.3, -0.25) is 4.79 Å². The lowest BCUT2D eigenvalue weighted by atomic mass is 10.1. The maximum absolute atomic E-state index is 11.9. The zero-order chi connectivity index (χ0) is 12.3. The molecule has 0 radical (unpaired) electrons. The van der Waals surface area contributed by atoms with Crippen LogP contribution in [0, 0.1) is 0 Å². The summed E-state index contributed by atoms with van der Waals surface area (Å²) in [5.41, 5.74) is 0.407. The Balaban J connectivity index is 1.95. The fourth-order valence-electron chi connectivity index (χ4n) is 1.93. The highest BCUT2D eigenvalue weighted by molar-refractivity contribution is 6.41. The third-order valence-electron chi connectivity index (χ3n) is 2.85. The number of amides is 1. The Bertz CT molecular complexity index is 378. The van der Waals surface area contributed by atoms with E-state index in [1.807, 2.05) is 0 Å². The number of nitrogens with one attached hydrogen (secondary N) is 3. The van der Waals surface area contributed by atoms with Gasteiger partial charge in [-0.1, -0.05) is 29.6 Å². The second kappa shape index (κ2) is 5.76. The molecule has 6 heteroatoms. The molecule has 1 amide bonds. The van der Waals surface area contributed by atoms with E-state index in [4.69, 9.17) is 23.2 Å². The van der Waals surface area contributed by atoms with Crippen molar-refractivity contribution in [3.63, 3.8) is 0 Å². The van der Waals surface area contributed by atoms with Crippen LogP contribution < -0.4 is 10.6 Å². The van der Waals surface area contributed by atoms with E-state index >= 15 is 0 Å². The highest BCUT2D eigenvalue weighted by Gasteiger charge is 2.17. The van der Waals surface area contributed by atoms with Crippen LogP contribution >= 0.6 is 23.2 Å². The lowest BCUT2D eigenvalue weighted by Gasteiger charge is -2.15. The number of carbonyl (C=O) groups excluding carboxylic acids is 1. The van der Waals surface area contributed by atoms with Crippen LogP contribution in [0.5, 0.6) is 0 Å². The number of carbonyl (C=O) groups is 1. The van der Waals surface area contributed by atoms with E-state index in [1.54, 1.807) is 6.07 Å². The minimum absolute atomic E-state index is 0.160. The molecule has 0 aliphatic carbocycles. The summed E-state index contributed by atoms with van der Waals surface area (Å²) in [6.07, 6.45) is 3.29. The first-order valence-electron chi connectivity index (χ1n) is 5.72. The molecule has 1 saturated heterocycles. The first kappa shape index (κ1) is 12.7. The van der Waals surface area contributed by atoms with E-state index in [2.05, 4.69) is 15.6 Å². The van der Waals surface area contributed by atoms with Crippen molar-refractivity contribution >= 4 is 29.1 Å². The van der Waals surface area contributed by atoms with Gasteiger partial charge in [-0.25, -0.2) is 0 Å². The summed E-state index contributed by atoms with van der Waals surface area (Å²) >= 11 is 11.5. The highest BCUT2D eigenvalue weighted by atomic mass is 35.5. The standard InChI is InChI=1S/C11H15Cl2N3O/c12-8-5-9(16-10(8)13)11(17)15-7-3-1-2-4-14-6-7/h5,7,14,16H,1-4,6H2,(H,15,17). The molecule has 1 atom stereocenters. The molecule has 1 aromatic heterocycles. The fourth-order valence-corrected chi connectivity index (χ4v) is 2.24. The molecule has 1 unspecified atom stereocenters. The van der Waals surface area contributed by atoms with Crippen LogP contribution in [0.1, 0.15) is 29.8 Å². The molecule has 3 N–H and O–H groups in total. The van der Waals surface area contributed by atoms with Crippen LogP contribution in [0.4, 0.5) is 0 Å². The SMILES string of the molecule is O=C(NC1CCCCNC1)c1cc(Cl)c(Cl)[nH]1. The van der Waals surface area contributed by atoms with Gasteiger partial charge in [0.1, 0.15) is 10.8 Å². The van der Waals surface area contributed by atoms with Crippen LogP contribution in [0.15, 0.2) is 6.07 Å². The molecule has 2 rings (SSSR count). The van der Waals surface area contributed by atoms with Gasteiger partial charge in [0.25, 0.3) is 5.91 Å². The topological polar surface area (TPSA) is 56.9 Å². The van der Waals surface area contributed by atoms with Gasteiger partial charge in [0.15, 0.2) is 0 Å². The van der Waals surface area contributed by atoms with Crippen LogP contribution in [0.3, 0.4) is 0 Å². The molecule has 94 valence electrons. The van der Waals surface area contributed by atoms with Crippen molar-refractivity contribution in [1.29, 1.82) is 0 Å². The van der Waals surface area contributed by atoms with Gasteiger partial charge in [0.05, 0.1) is 5.02 Å². The van der Waals surface area contributed by atoms with Crippen molar-refractivity contribution in [1.82, 2.24) is 15.6 Å². The van der Waals surface area contributed by atoms with Gasteiger partial charge in [0.2, 0.25) is 0 Å². The third kappa shape index (κ3) is 3.37. The molecule has 0 saturated carbocycles. The lowest BCUT2D eigenvalue weighted by Crippen LogP contribution is -2.40. The largest absolute Gasteiger partial charge is 0.347 e. The number of H-pyrrole nitrogens is 1. The minimum atomic E-state index is -0.160. The molecule has 0 spiro atoms. The van der Waals surface area contributed by atoms with E-state index in [-0.39, 0.29) is 11.9 Å². The molecule has 1 aliphatic heterocycles. The summed E-state index contributed by atoms with van der Waals surface area (Å²) in [7, 11) is 0. The van der Waals surface area contributed by atoms with Crippen molar-refractivity contribution in [2.45, 2.75) is 25.3 Å². The summed E-state index contributed by atoms with van der Waals surface area (Å²) in [5, 5.41) is 6.93. The maximum Gasteiger partial charge on any atom is 0.268 e. The second-order valence-electron chi connectivity index (χ2n) is 4.22. The lowest BCUT2D eigenvalue weighted by molar-refractivity contribution is 0.0931. The monoisotopic (exact) mass is 275 g/mol. The Morgan fingerprint density at radius 3 is 2.94 bits per heavy atom. The van der Waals surface area contributed by atoms with Gasteiger partial charge in [-0.15, -0.1) is 0 Å². The Hall–Kier alpha value is -0.710. The van der Waals surface area contributed by atoms with Crippen molar-refractivity contribution in [2.75, 3.05) is 13.1 Å². The Morgan fingerprint density at radius 1 is 1.41 bits per heavy atom. The van der Waals surface area contributed by atoms with Crippen molar-refractivity contribution in [3.8, 4) is 0 Å². The number of aromatic nitrogens is 1. The maximum atomic E-state index is 11.9. The van der Waals surface area contributed by atoms with Crippen molar-refractivity contribution in [2.24, 2.45) is 0 Å². The van der Waals surface area contributed by atoms with E-state index < -0.39 is 0 Å². The molecule has 1 fully saturated rings. The summed E-state index contributed by atoms with van der Waals surface area (Å²) < 4.78 is 0. The molecular formula is C11H15Cl2N3O. The minimum Gasteiger partial charge on any atom is -0.347 e. The second-order valence-corrected chi connectivity index (χ2v) is 5.00. The molecule has 0 aromatic carbocycles. The van der Waals surface area contributed by atoms with Gasteiger partial charge >= 0.3 is 0 Å². The van der Waals surface area contributed by atoms with Crippen LogP contribution in [-0.4, -0.2) is 30.0 Å². The molecule has 4 nitrogen and oxygen atoms in total. The summed E-state index contributed by atoms with van der Waals surface area (Å²) in [6.45, 7) is 1.83. The van der Waals surface area contributed by atoms with E-state index in [1.165, 1.54) is 0 Å². The Kier molecular flexibility index (Phi) is 4.31.